The van der Waals surface area contributed by atoms with Crippen LogP contribution < -0.4 is 5.32 Å². The minimum absolute atomic E-state index is 0.0778. The van der Waals surface area contributed by atoms with Gasteiger partial charge in [-0.05, 0) is 36.4 Å². The summed E-state index contributed by atoms with van der Waals surface area (Å²) in [7, 11) is 0. The Bertz CT molecular complexity index is 1100. The molecule has 3 aromatic rings. The molecule has 0 aliphatic heterocycles. The van der Waals surface area contributed by atoms with Gasteiger partial charge < -0.3 is 10.1 Å². The SMILES string of the molecule is CC(C)(C)C(=O)NCc1ccc(C(=O)COC(=O)c2csc(-c3ccc(F)cc3)n2)s1. The molecule has 1 amide bonds. The monoisotopic (exact) mass is 460 g/mol. The molecule has 31 heavy (non-hydrogen) atoms. The standard InChI is InChI=1S/C22H21FN2O4S2/c1-22(2,3)21(28)24-10-15-8-9-18(31-15)17(26)11-29-20(27)16-12-30-19(25-16)13-4-6-14(23)7-5-13/h4-9,12H,10-11H2,1-3H3,(H,24,28). The zero-order valence-corrected chi connectivity index (χ0v) is 18.9. The number of nitrogens with one attached hydrogen (secondary N) is 1. The lowest BCUT2D eigenvalue weighted by Crippen LogP contribution is -2.34. The van der Waals surface area contributed by atoms with Gasteiger partial charge in [0.05, 0.1) is 11.4 Å². The maximum Gasteiger partial charge on any atom is 0.358 e. The lowest BCUT2D eigenvalue weighted by atomic mass is 9.96. The summed E-state index contributed by atoms with van der Waals surface area (Å²) in [6.07, 6.45) is 0. The summed E-state index contributed by atoms with van der Waals surface area (Å²) < 4.78 is 18.1. The molecule has 0 saturated heterocycles. The van der Waals surface area contributed by atoms with E-state index in [-0.39, 0.29) is 23.2 Å². The van der Waals surface area contributed by atoms with Gasteiger partial charge in [-0.3, -0.25) is 9.59 Å². The summed E-state index contributed by atoms with van der Waals surface area (Å²) in [5, 5.41) is 4.92. The quantitative estimate of drug-likeness (QED) is 0.408. The maximum absolute atomic E-state index is 13.0. The number of rotatable bonds is 7. The van der Waals surface area contributed by atoms with Crippen molar-refractivity contribution in [3.8, 4) is 10.6 Å². The molecule has 1 aromatic carbocycles. The summed E-state index contributed by atoms with van der Waals surface area (Å²) in [6.45, 7) is 5.40. The van der Waals surface area contributed by atoms with E-state index < -0.39 is 18.0 Å². The van der Waals surface area contributed by atoms with Crippen LogP contribution in [0, 0.1) is 11.2 Å². The van der Waals surface area contributed by atoms with Gasteiger partial charge in [-0.2, -0.15) is 0 Å². The van der Waals surface area contributed by atoms with E-state index in [2.05, 4.69) is 10.3 Å². The van der Waals surface area contributed by atoms with E-state index in [1.165, 1.54) is 40.2 Å². The maximum atomic E-state index is 13.0. The van der Waals surface area contributed by atoms with Crippen molar-refractivity contribution < 1.29 is 23.5 Å². The molecule has 0 bridgehead atoms. The van der Waals surface area contributed by atoms with Crippen LogP contribution in [0.3, 0.4) is 0 Å². The van der Waals surface area contributed by atoms with Crippen molar-refractivity contribution in [1.82, 2.24) is 10.3 Å². The number of aromatic nitrogens is 1. The van der Waals surface area contributed by atoms with Crippen LogP contribution in [0.4, 0.5) is 4.39 Å². The molecule has 0 unspecified atom stereocenters. The Morgan fingerprint density at radius 1 is 1.10 bits per heavy atom. The Labute approximate surface area is 187 Å². The number of ether oxygens (including phenoxy) is 1. The van der Waals surface area contributed by atoms with Crippen LogP contribution in [0.5, 0.6) is 0 Å². The third-order valence-corrected chi connectivity index (χ3v) is 6.20. The topological polar surface area (TPSA) is 85.4 Å². The fourth-order valence-corrected chi connectivity index (χ4v) is 4.09. The van der Waals surface area contributed by atoms with Crippen LogP contribution in [0.15, 0.2) is 41.8 Å². The molecule has 0 aliphatic rings. The highest BCUT2D eigenvalue weighted by molar-refractivity contribution is 7.14. The van der Waals surface area contributed by atoms with E-state index in [4.69, 9.17) is 4.74 Å². The Balaban J connectivity index is 1.53. The first-order valence-electron chi connectivity index (χ1n) is 9.42. The van der Waals surface area contributed by atoms with Gasteiger partial charge in [-0.25, -0.2) is 14.2 Å². The van der Waals surface area contributed by atoms with Gasteiger partial charge in [0.25, 0.3) is 0 Å². The molecule has 0 fully saturated rings. The second kappa shape index (κ2) is 9.49. The van der Waals surface area contributed by atoms with Crippen LogP contribution in [-0.2, 0) is 16.1 Å². The molecule has 1 N–H and O–H groups in total. The van der Waals surface area contributed by atoms with E-state index in [1.54, 1.807) is 24.3 Å². The number of Topliss-reactive ketones (excluding diaryl/α,β-unsaturated/α-hetero) is 1. The number of carbonyl (C=O) groups excluding carboxylic acids is 3. The number of hydrogen-bond donors (Lipinski definition) is 1. The number of thiazole rings is 1. The van der Waals surface area contributed by atoms with Gasteiger partial charge in [0.1, 0.15) is 10.8 Å². The van der Waals surface area contributed by atoms with Gasteiger partial charge in [-0.1, -0.05) is 20.8 Å². The lowest BCUT2D eigenvalue weighted by Gasteiger charge is -2.17. The van der Waals surface area contributed by atoms with Crippen LogP contribution in [0.1, 0.15) is 45.8 Å². The number of amides is 1. The number of benzene rings is 1. The Kier molecular flexibility index (Phi) is 6.97. The third kappa shape index (κ3) is 6.05. The van der Waals surface area contributed by atoms with Crippen LogP contribution in [-0.4, -0.2) is 29.3 Å². The van der Waals surface area contributed by atoms with Crippen molar-refractivity contribution in [2.75, 3.05) is 6.61 Å². The Hall–Kier alpha value is -2.91. The summed E-state index contributed by atoms with van der Waals surface area (Å²) in [5.74, 6) is -1.47. The van der Waals surface area contributed by atoms with E-state index in [0.717, 1.165) is 4.88 Å². The normalized spacial score (nSPS) is 11.2. The zero-order valence-electron chi connectivity index (χ0n) is 17.2. The minimum atomic E-state index is -0.702. The smallest absolute Gasteiger partial charge is 0.358 e. The number of ketones is 1. The predicted molar refractivity (Wildman–Crippen MR) is 118 cm³/mol. The lowest BCUT2D eigenvalue weighted by molar-refractivity contribution is -0.128. The highest BCUT2D eigenvalue weighted by Crippen LogP contribution is 2.24. The number of esters is 1. The van der Waals surface area contributed by atoms with Gasteiger partial charge in [-0.15, -0.1) is 22.7 Å². The van der Waals surface area contributed by atoms with Gasteiger partial charge in [0.15, 0.2) is 12.3 Å². The van der Waals surface area contributed by atoms with Gasteiger partial charge in [0.2, 0.25) is 11.7 Å². The van der Waals surface area contributed by atoms with Gasteiger partial charge >= 0.3 is 5.97 Å². The number of halogens is 1. The van der Waals surface area contributed by atoms with Crippen molar-refractivity contribution >= 4 is 40.3 Å². The molecule has 2 aromatic heterocycles. The molecule has 2 heterocycles. The highest BCUT2D eigenvalue weighted by Gasteiger charge is 2.21. The fourth-order valence-electron chi connectivity index (χ4n) is 2.42. The number of nitrogens with zero attached hydrogens (tertiary/aromatic N) is 1. The largest absolute Gasteiger partial charge is 0.453 e. The van der Waals surface area contributed by atoms with Gasteiger partial charge in [0, 0.05) is 21.2 Å². The first kappa shape index (κ1) is 22.8. The van der Waals surface area contributed by atoms with Crippen LogP contribution >= 0.6 is 22.7 Å². The van der Waals surface area contributed by atoms with E-state index in [1.807, 2.05) is 20.8 Å². The minimum Gasteiger partial charge on any atom is -0.453 e. The molecule has 9 heteroatoms. The molecule has 0 saturated carbocycles. The summed E-state index contributed by atoms with van der Waals surface area (Å²) >= 11 is 2.47. The Morgan fingerprint density at radius 2 is 1.81 bits per heavy atom. The second-order valence-electron chi connectivity index (χ2n) is 7.74. The van der Waals surface area contributed by atoms with Crippen molar-refractivity contribution in [2.45, 2.75) is 27.3 Å². The fraction of sp³-hybridized carbons (Fsp3) is 0.273. The van der Waals surface area contributed by atoms with E-state index >= 15 is 0 Å². The number of thiophene rings is 1. The average Bonchev–Trinajstić information content (AvgIpc) is 3.40. The summed E-state index contributed by atoms with van der Waals surface area (Å²) in [4.78, 5) is 42.0. The Morgan fingerprint density at radius 3 is 2.48 bits per heavy atom. The van der Waals surface area contributed by atoms with Crippen LogP contribution in [0.2, 0.25) is 0 Å². The molecular weight excluding hydrogens is 439 g/mol. The third-order valence-electron chi connectivity index (χ3n) is 4.18. The van der Waals surface area contributed by atoms with Crippen LogP contribution in [0.25, 0.3) is 10.6 Å². The average molecular weight is 461 g/mol. The molecule has 0 atom stereocenters. The summed E-state index contributed by atoms with van der Waals surface area (Å²) in [6, 6.07) is 9.19. The molecule has 162 valence electrons. The molecule has 0 spiro atoms. The predicted octanol–water partition coefficient (Wildman–Crippen LogP) is 4.71. The highest BCUT2D eigenvalue weighted by atomic mass is 32.1. The molecule has 0 radical (unpaired) electrons. The molecule has 0 aliphatic carbocycles. The first-order valence-corrected chi connectivity index (χ1v) is 11.1. The molecule has 6 nitrogen and oxygen atoms in total. The zero-order chi connectivity index (χ0) is 22.6. The molecular formula is C22H21FN2O4S2. The number of carbonyl (C=O) groups is 3. The first-order chi connectivity index (χ1) is 14.6. The summed E-state index contributed by atoms with van der Waals surface area (Å²) in [5.41, 5.74) is 0.288. The van der Waals surface area contributed by atoms with Crippen molar-refractivity contribution in [1.29, 1.82) is 0 Å². The van der Waals surface area contributed by atoms with Crippen molar-refractivity contribution in [2.24, 2.45) is 5.41 Å². The van der Waals surface area contributed by atoms with E-state index in [0.29, 0.717) is 22.0 Å². The van der Waals surface area contributed by atoms with E-state index in [9.17, 15) is 18.8 Å². The van der Waals surface area contributed by atoms with Crippen molar-refractivity contribution in [3.63, 3.8) is 0 Å². The van der Waals surface area contributed by atoms with Crippen molar-refractivity contribution in [3.05, 3.63) is 63.0 Å². The second-order valence-corrected chi connectivity index (χ2v) is 9.77. The number of hydrogen-bond acceptors (Lipinski definition) is 7. The molecule has 3 rings (SSSR count).